The van der Waals surface area contributed by atoms with Crippen molar-refractivity contribution < 1.29 is 9.34 Å². The van der Waals surface area contributed by atoms with Crippen LogP contribution >= 0.6 is 11.6 Å². The molecule has 0 aliphatic heterocycles. The molecule has 1 aromatic heterocycles. The molecule has 6 heteroatoms. The van der Waals surface area contributed by atoms with Crippen molar-refractivity contribution in [3.8, 4) is 0 Å². The molecule has 0 aliphatic rings. The highest BCUT2D eigenvalue weighted by Gasteiger charge is 2.13. The first-order valence-corrected chi connectivity index (χ1v) is 6.65. The fourth-order valence-corrected chi connectivity index (χ4v) is 2.12. The first-order valence-electron chi connectivity index (χ1n) is 6.27. The van der Waals surface area contributed by atoms with Gasteiger partial charge in [0.25, 0.3) is 5.69 Å². The number of rotatable bonds is 6. The van der Waals surface area contributed by atoms with Crippen LogP contribution in [0.3, 0.4) is 0 Å². The van der Waals surface area contributed by atoms with Crippen molar-refractivity contribution in [3.63, 3.8) is 0 Å². The molecule has 0 spiro atoms. The summed E-state index contributed by atoms with van der Waals surface area (Å²) in [4.78, 5) is 12.5. The van der Waals surface area contributed by atoms with E-state index in [1.165, 1.54) is 12.1 Å². The summed E-state index contributed by atoms with van der Waals surface area (Å²) in [6.45, 7) is 3.99. The standard InChI is InChI=1S/C14H15ClN2O3/c1-2-16(10-13-4-3-7-20-13)9-11-8-12(17(18)19)5-6-14(11)15/h3-8H,2,9-10H2,1H3. The van der Waals surface area contributed by atoms with Crippen molar-refractivity contribution in [2.75, 3.05) is 6.54 Å². The van der Waals surface area contributed by atoms with Gasteiger partial charge in [0.15, 0.2) is 0 Å². The molecular formula is C14H15ClN2O3. The van der Waals surface area contributed by atoms with Crippen LogP contribution in [0.25, 0.3) is 0 Å². The third-order valence-electron chi connectivity index (χ3n) is 3.04. The van der Waals surface area contributed by atoms with Gasteiger partial charge in [-0.05, 0) is 30.3 Å². The topological polar surface area (TPSA) is 59.5 Å². The van der Waals surface area contributed by atoms with Crippen molar-refractivity contribution >= 4 is 17.3 Å². The number of hydrogen-bond donors (Lipinski definition) is 0. The van der Waals surface area contributed by atoms with Crippen molar-refractivity contribution in [2.24, 2.45) is 0 Å². The number of halogens is 1. The Bertz CT molecular complexity index is 584. The Morgan fingerprint density at radius 1 is 1.35 bits per heavy atom. The van der Waals surface area contributed by atoms with Crippen LogP contribution in [0.5, 0.6) is 0 Å². The average Bonchev–Trinajstić information content (AvgIpc) is 2.92. The normalized spacial score (nSPS) is 10.9. The Hall–Kier alpha value is -1.85. The van der Waals surface area contributed by atoms with E-state index >= 15 is 0 Å². The molecule has 2 rings (SSSR count). The highest BCUT2D eigenvalue weighted by Crippen LogP contribution is 2.24. The molecule has 0 saturated carbocycles. The van der Waals surface area contributed by atoms with Crippen LogP contribution in [0.1, 0.15) is 18.2 Å². The Morgan fingerprint density at radius 3 is 2.75 bits per heavy atom. The fourth-order valence-electron chi connectivity index (χ4n) is 1.94. The highest BCUT2D eigenvalue weighted by molar-refractivity contribution is 6.31. The minimum absolute atomic E-state index is 0.0541. The number of nitrogens with zero attached hydrogens (tertiary/aromatic N) is 2. The minimum Gasteiger partial charge on any atom is -0.468 e. The van der Waals surface area contributed by atoms with Crippen LogP contribution in [-0.4, -0.2) is 16.4 Å². The van der Waals surface area contributed by atoms with Crippen LogP contribution in [0.4, 0.5) is 5.69 Å². The Morgan fingerprint density at radius 2 is 2.15 bits per heavy atom. The van der Waals surface area contributed by atoms with E-state index in [0.29, 0.717) is 18.1 Å². The van der Waals surface area contributed by atoms with Crippen molar-refractivity contribution in [1.29, 1.82) is 0 Å². The van der Waals surface area contributed by atoms with Gasteiger partial charge in [-0.2, -0.15) is 0 Å². The van der Waals surface area contributed by atoms with Gasteiger partial charge in [0.05, 0.1) is 17.7 Å². The maximum Gasteiger partial charge on any atom is 0.269 e. The van der Waals surface area contributed by atoms with E-state index in [-0.39, 0.29) is 5.69 Å². The van der Waals surface area contributed by atoms with Crippen LogP contribution in [-0.2, 0) is 13.1 Å². The summed E-state index contributed by atoms with van der Waals surface area (Å²) >= 11 is 6.11. The van der Waals surface area contributed by atoms with E-state index in [9.17, 15) is 10.1 Å². The zero-order chi connectivity index (χ0) is 14.5. The second-order valence-electron chi connectivity index (χ2n) is 4.42. The summed E-state index contributed by atoms with van der Waals surface area (Å²) in [5.74, 6) is 0.855. The van der Waals surface area contributed by atoms with Gasteiger partial charge in [0, 0.05) is 23.7 Å². The molecule has 1 aromatic carbocycles. The van der Waals surface area contributed by atoms with Gasteiger partial charge in [0.2, 0.25) is 0 Å². The summed E-state index contributed by atoms with van der Waals surface area (Å²) < 4.78 is 5.31. The maximum atomic E-state index is 10.8. The smallest absolute Gasteiger partial charge is 0.269 e. The molecule has 0 bridgehead atoms. The lowest BCUT2D eigenvalue weighted by atomic mass is 10.2. The molecule has 0 saturated heterocycles. The lowest BCUT2D eigenvalue weighted by Crippen LogP contribution is -2.22. The summed E-state index contributed by atoms with van der Waals surface area (Å²) in [5.41, 5.74) is 0.799. The lowest BCUT2D eigenvalue weighted by molar-refractivity contribution is -0.384. The molecule has 0 amide bonds. The van der Waals surface area contributed by atoms with Crippen LogP contribution < -0.4 is 0 Å². The fraction of sp³-hybridized carbons (Fsp3) is 0.286. The van der Waals surface area contributed by atoms with Crippen molar-refractivity contribution in [2.45, 2.75) is 20.0 Å². The molecule has 0 unspecified atom stereocenters. The van der Waals surface area contributed by atoms with Crippen molar-refractivity contribution in [1.82, 2.24) is 4.90 Å². The Labute approximate surface area is 121 Å². The van der Waals surface area contributed by atoms with E-state index < -0.39 is 4.92 Å². The minimum atomic E-state index is -0.414. The molecule has 20 heavy (non-hydrogen) atoms. The number of furan rings is 1. The molecule has 106 valence electrons. The van der Waals surface area contributed by atoms with Gasteiger partial charge >= 0.3 is 0 Å². The van der Waals surface area contributed by atoms with Gasteiger partial charge in [-0.25, -0.2) is 0 Å². The predicted octanol–water partition coefficient (Wildman–Crippen LogP) is 3.86. The molecule has 5 nitrogen and oxygen atoms in total. The second kappa shape index (κ2) is 6.54. The Balaban J connectivity index is 2.14. The molecule has 0 atom stereocenters. The number of nitro groups is 1. The molecular weight excluding hydrogens is 280 g/mol. The van der Waals surface area contributed by atoms with E-state index in [1.807, 2.05) is 19.1 Å². The number of nitro benzene ring substituents is 1. The van der Waals surface area contributed by atoms with E-state index in [0.717, 1.165) is 17.9 Å². The summed E-state index contributed by atoms with van der Waals surface area (Å²) in [6, 6.07) is 8.23. The van der Waals surface area contributed by atoms with Gasteiger partial charge in [-0.15, -0.1) is 0 Å². The van der Waals surface area contributed by atoms with Gasteiger partial charge in [-0.3, -0.25) is 15.0 Å². The second-order valence-corrected chi connectivity index (χ2v) is 4.82. The van der Waals surface area contributed by atoms with E-state index in [2.05, 4.69) is 4.90 Å². The average molecular weight is 295 g/mol. The number of benzene rings is 1. The van der Waals surface area contributed by atoms with Crippen LogP contribution in [0, 0.1) is 10.1 Å². The SMILES string of the molecule is CCN(Cc1ccco1)Cc1cc([N+](=O)[O-])ccc1Cl. The molecule has 2 aromatic rings. The quantitative estimate of drug-likeness (QED) is 0.599. The van der Waals surface area contributed by atoms with Gasteiger partial charge in [0.1, 0.15) is 5.76 Å². The first-order chi connectivity index (χ1) is 9.60. The lowest BCUT2D eigenvalue weighted by Gasteiger charge is -2.19. The third kappa shape index (κ3) is 3.59. The van der Waals surface area contributed by atoms with Crippen LogP contribution in [0.15, 0.2) is 41.0 Å². The first kappa shape index (κ1) is 14.6. The highest BCUT2D eigenvalue weighted by atomic mass is 35.5. The van der Waals surface area contributed by atoms with Gasteiger partial charge in [-0.1, -0.05) is 18.5 Å². The van der Waals surface area contributed by atoms with Gasteiger partial charge < -0.3 is 4.42 Å². The molecule has 0 aliphatic carbocycles. The van der Waals surface area contributed by atoms with Crippen molar-refractivity contribution in [3.05, 3.63) is 63.1 Å². The Kier molecular flexibility index (Phi) is 4.76. The predicted molar refractivity (Wildman–Crippen MR) is 76.6 cm³/mol. The third-order valence-corrected chi connectivity index (χ3v) is 3.41. The molecule has 0 fully saturated rings. The maximum absolute atomic E-state index is 10.8. The number of non-ortho nitro benzene ring substituents is 1. The monoisotopic (exact) mass is 294 g/mol. The zero-order valence-electron chi connectivity index (χ0n) is 11.1. The van der Waals surface area contributed by atoms with E-state index in [1.54, 1.807) is 12.3 Å². The zero-order valence-corrected chi connectivity index (χ0v) is 11.8. The summed E-state index contributed by atoms with van der Waals surface area (Å²) in [5, 5.41) is 11.3. The summed E-state index contributed by atoms with van der Waals surface area (Å²) in [7, 11) is 0. The van der Waals surface area contributed by atoms with Crippen LogP contribution in [0.2, 0.25) is 5.02 Å². The van der Waals surface area contributed by atoms with E-state index in [4.69, 9.17) is 16.0 Å². The molecule has 0 N–H and O–H groups in total. The largest absolute Gasteiger partial charge is 0.468 e. The molecule has 0 radical (unpaired) electrons. The summed E-state index contributed by atoms with van der Waals surface area (Å²) in [6.07, 6.45) is 1.63. The number of hydrogen-bond acceptors (Lipinski definition) is 4. The molecule has 1 heterocycles.